The maximum atomic E-state index is 13.8. The molecule has 1 heterocycles. The molecule has 0 aliphatic heterocycles. The van der Waals surface area contributed by atoms with Crippen molar-refractivity contribution in [2.45, 2.75) is 26.7 Å². The maximum absolute atomic E-state index is 13.8. The molecule has 4 heteroatoms. The van der Waals surface area contributed by atoms with E-state index in [0.717, 1.165) is 11.3 Å². The molecule has 2 nitrogen and oxygen atoms in total. The number of fused-ring (bicyclic) bond motifs is 1. The number of aryl methyl sites for hydroxylation is 1. The Morgan fingerprint density at radius 3 is 2.56 bits per heavy atom. The summed E-state index contributed by atoms with van der Waals surface area (Å²) >= 11 is 6.41. The number of hydrogen-bond donors (Lipinski definition) is 0. The molecule has 96 valence electrons. The number of nitrogens with zero attached hydrogens (tertiary/aromatic N) is 1. The van der Waals surface area contributed by atoms with Gasteiger partial charge in [0, 0.05) is 5.69 Å². The predicted octanol–water partition coefficient (Wildman–Crippen LogP) is 4.47. The first kappa shape index (κ1) is 13.1. The fourth-order valence-corrected chi connectivity index (χ4v) is 2.77. The molecular weight excluding hydrogens is 253 g/mol. The third-order valence-electron chi connectivity index (χ3n) is 3.01. The van der Waals surface area contributed by atoms with E-state index in [4.69, 9.17) is 16.3 Å². The zero-order valence-electron chi connectivity index (χ0n) is 10.8. The van der Waals surface area contributed by atoms with Crippen molar-refractivity contribution in [1.82, 2.24) is 4.98 Å². The second-order valence-electron chi connectivity index (χ2n) is 4.55. The van der Waals surface area contributed by atoms with Crippen molar-refractivity contribution >= 4 is 22.5 Å². The number of rotatable bonds is 2. The van der Waals surface area contributed by atoms with Crippen LogP contribution in [0, 0.1) is 12.7 Å². The lowest BCUT2D eigenvalue weighted by atomic mass is 9.99. The Kier molecular flexibility index (Phi) is 3.44. The van der Waals surface area contributed by atoms with Crippen LogP contribution in [0.4, 0.5) is 4.39 Å². The molecule has 0 saturated heterocycles. The van der Waals surface area contributed by atoms with Gasteiger partial charge >= 0.3 is 0 Å². The molecule has 0 saturated carbocycles. The molecular formula is C14H15ClFNO. The summed E-state index contributed by atoms with van der Waals surface area (Å²) in [5, 5.41) is 1.08. The SMILES string of the molecule is COc1ccc(F)c2nc(C)c(C(C)C)c(Cl)c12. The van der Waals surface area contributed by atoms with Gasteiger partial charge in [-0.1, -0.05) is 25.4 Å². The van der Waals surface area contributed by atoms with E-state index in [1.54, 1.807) is 6.07 Å². The number of hydrogen-bond acceptors (Lipinski definition) is 2. The molecule has 2 rings (SSSR count). The van der Waals surface area contributed by atoms with Gasteiger partial charge < -0.3 is 4.74 Å². The highest BCUT2D eigenvalue weighted by Crippen LogP contribution is 2.38. The van der Waals surface area contributed by atoms with Crippen LogP contribution < -0.4 is 4.74 Å². The van der Waals surface area contributed by atoms with Gasteiger partial charge in [0.15, 0.2) is 0 Å². The van der Waals surface area contributed by atoms with Crippen LogP contribution in [0.1, 0.15) is 31.0 Å². The molecule has 0 fully saturated rings. The van der Waals surface area contributed by atoms with Crippen LogP contribution in [-0.4, -0.2) is 12.1 Å². The van der Waals surface area contributed by atoms with E-state index in [1.165, 1.54) is 13.2 Å². The minimum absolute atomic E-state index is 0.224. The van der Waals surface area contributed by atoms with Crippen molar-refractivity contribution in [3.05, 3.63) is 34.2 Å². The smallest absolute Gasteiger partial charge is 0.149 e. The van der Waals surface area contributed by atoms with Gasteiger partial charge in [-0.15, -0.1) is 0 Å². The lowest BCUT2D eigenvalue weighted by molar-refractivity contribution is 0.419. The van der Waals surface area contributed by atoms with Gasteiger partial charge in [-0.05, 0) is 30.5 Å². The van der Waals surface area contributed by atoms with Crippen molar-refractivity contribution in [1.29, 1.82) is 0 Å². The third-order valence-corrected chi connectivity index (χ3v) is 3.41. The molecule has 0 aliphatic carbocycles. The quantitative estimate of drug-likeness (QED) is 0.801. The van der Waals surface area contributed by atoms with E-state index in [9.17, 15) is 4.39 Å². The molecule has 2 aromatic rings. The normalized spacial score (nSPS) is 11.3. The van der Waals surface area contributed by atoms with E-state index in [-0.39, 0.29) is 17.3 Å². The highest BCUT2D eigenvalue weighted by molar-refractivity contribution is 6.36. The summed E-state index contributed by atoms with van der Waals surface area (Å²) in [6, 6.07) is 2.92. The summed E-state index contributed by atoms with van der Waals surface area (Å²) in [7, 11) is 1.54. The predicted molar refractivity (Wildman–Crippen MR) is 72.1 cm³/mol. The summed E-state index contributed by atoms with van der Waals surface area (Å²) in [5.41, 5.74) is 1.96. The maximum Gasteiger partial charge on any atom is 0.149 e. The number of ether oxygens (including phenoxy) is 1. The lowest BCUT2D eigenvalue weighted by Gasteiger charge is -2.16. The number of aromatic nitrogens is 1. The fraction of sp³-hybridized carbons (Fsp3) is 0.357. The van der Waals surface area contributed by atoms with Gasteiger partial charge in [0.05, 0.1) is 17.5 Å². The highest BCUT2D eigenvalue weighted by atomic mass is 35.5. The van der Waals surface area contributed by atoms with Crippen LogP contribution in [0.15, 0.2) is 12.1 Å². The number of methoxy groups -OCH3 is 1. The molecule has 0 aliphatic rings. The van der Waals surface area contributed by atoms with Crippen molar-refractivity contribution < 1.29 is 9.13 Å². The van der Waals surface area contributed by atoms with Crippen LogP contribution in [0.5, 0.6) is 5.75 Å². The van der Waals surface area contributed by atoms with Crippen LogP contribution in [0.3, 0.4) is 0 Å². The molecule has 1 aromatic carbocycles. The zero-order valence-corrected chi connectivity index (χ0v) is 11.6. The Morgan fingerprint density at radius 1 is 1.33 bits per heavy atom. The van der Waals surface area contributed by atoms with E-state index < -0.39 is 0 Å². The summed E-state index contributed by atoms with van der Waals surface area (Å²) < 4.78 is 19.1. The second kappa shape index (κ2) is 4.73. The molecule has 0 unspecified atom stereocenters. The monoisotopic (exact) mass is 267 g/mol. The summed E-state index contributed by atoms with van der Waals surface area (Å²) in [4.78, 5) is 4.33. The summed E-state index contributed by atoms with van der Waals surface area (Å²) in [5.74, 6) is 0.388. The number of halogens is 2. The molecule has 1 aromatic heterocycles. The molecule has 0 amide bonds. The van der Waals surface area contributed by atoms with Gasteiger partial charge in [-0.2, -0.15) is 0 Å². The van der Waals surface area contributed by atoms with Crippen molar-refractivity contribution in [3.8, 4) is 5.75 Å². The molecule has 18 heavy (non-hydrogen) atoms. The van der Waals surface area contributed by atoms with E-state index in [2.05, 4.69) is 4.98 Å². The van der Waals surface area contributed by atoms with Crippen LogP contribution in [-0.2, 0) is 0 Å². The molecule has 0 spiro atoms. The molecule has 0 radical (unpaired) electrons. The molecule has 0 N–H and O–H groups in total. The Balaban J connectivity index is 2.95. The van der Waals surface area contributed by atoms with Crippen LogP contribution in [0.25, 0.3) is 10.9 Å². The van der Waals surface area contributed by atoms with E-state index >= 15 is 0 Å². The zero-order chi connectivity index (χ0) is 13.4. The number of pyridine rings is 1. The van der Waals surface area contributed by atoms with Gasteiger partial charge in [0.2, 0.25) is 0 Å². The largest absolute Gasteiger partial charge is 0.496 e. The van der Waals surface area contributed by atoms with Crippen LogP contribution >= 0.6 is 11.6 Å². The van der Waals surface area contributed by atoms with Crippen molar-refractivity contribution in [2.75, 3.05) is 7.11 Å². The first-order valence-electron chi connectivity index (χ1n) is 5.79. The topological polar surface area (TPSA) is 22.1 Å². The van der Waals surface area contributed by atoms with Gasteiger partial charge in [0.25, 0.3) is 0 Å². The van der Waals surface area contributed by atoms with Crippen molar-refractivity contribution in [2.24, 2.45) is 0 Å². The minimum atomic E-state index is -0.383. The first-order valence-corrected chi connectivity index (χ1v) is 6.17. The third kappa shape index (κ3) is 1.93. The van der Waals surface area contributed by atoms with E-state index in [0.29, 0.717) is 16.2 Å². The Morgan fingerprint density at radius 2 is 2.00 bits per heavy atom. The standard InChI is InChI=1S/C14H15ClFNO/c1-7(2)11-8(3)17-14-9(16)5-6-10(18-4)12(14)13(11)15/h5-7H,1-4H3. The number of benzene rings is 1. The van der Waals surface area contributed by atoms with Gasteiger partial charge in [-0.25, -0.2) is 9.37 Å². The fourth-order valence-electron chi connectivity index (χ4n) is 2.23. The average molecular weight is 268 g/mol. The minimum Gasteiger partial charge on any atom is -0.496 e. The first-order chi connectivity index (χ1) is 8.47. The average Bonchev–Trinajstić information content (AvgIpc) is 2.30. The van der Waals surface area contributed by atoms with Gasteiger partial charge in [0.1, 0.15) is 17.1 Å². The van der Waals surface area contributed by atoms with Crippen molar-refractivity contribution in [3.63, 3.8) is 0 Å². The van der Waals surface area contributed by atoms with E-state index in [1.807, 2.05) is 20.8 Å². The Bertz CT molecular complexity index is 611. The molecule has 0 bridgehead atoms. The van der Waals surface area contributed by atoms with Crippen LogP contribution in [0.2, 0.25) is 5.02 Å². The Labute approximate surface area is 111 Å². The highest BCUT2D eigenvalue weighted by Gasteiger charge is 2.18. The van der Waals surface area contributed by atoms with Gasteiger partial charge in [-0.3, -0.25) is 0 Å². The summed E-state index contributed by atoms with van der Waals surface area (Å²) in [6.45, 7) is 5.92. The second-order valence-corrected chi connectivity index (χ2v) is 4.93. The Hall–Kier alpha value is -1.35. The lowest BCUT2D eigenvalue weighted by Crippen LogP contribution is -2.00. The molecule has 0 atom stereocenters. The summed E-state index contributed by atoms with van der Waals surface area (Å²) in [6.07, 6.45) is 0.